The van der Waals surface area contributed by atoms with Crippen molar-refractivity contribution in [1.29, 1.82) is 0 Å². The summed E-state index contributed by atoms with van der Waals surface area (Å²) < 4.78 is 19.8. The molecule has 10 heteroatoms. The molecule has 0 radical (unpaired) electrons. The third-order valence-corrected chi connectivity index (χ3v) is 2.70. The lowest BCUT2D eigenvalue weighted by Gasteiger charge is -2.16. The third kappa shape index (κ3) is 3.82. The van der Waals surface area contributed by atoms with E-state index < -0.39 is 16.7 Å². The Hall–Kier alpha value is -2.42. The van der Waals surface area contributed by atoms with Crippen LogP contribution in [0.25, 0.3) is 0 Å². The molecule has 0 unspecified atom stereocenters. The summed E-state index contributed by atoms with van der Waals surface area (Å²) in [5.74, 6) is -0.0608. The van der Waals surface area contributed by atoms with Crippen LogP contribution in [0.3, 0.4) is 0 Å². The van der Waals surface area contributed by atoms with Gasteiger partial charge in [-0.05, 0) is 0 Å². The molecule has 1 rings (SSSR count). The smallest absolute Gasteiger partial charge is 0.411 e. The number of carbonyl (C=O) groups excluding carboxylic acids is 1. The lowest BCUT2D eigenvalue weighted by atomic mass is 10.2. The van der Waals surface area contributed by atoms with E-state index in [2.05, 4.69) is 5.32 Å². The van der Waals surface area contributed by atoms with Crippen molar-refractivity contribution in [3.8, 4) is 17.2 Å². The summed E-state index contributed by atoms with van der Waals surface area (Å²) in [5.41, 5.74) is -0.490. The lowest BCUT2D eigenvalue weighted by molar-refractivity contribution is -0.386. The van der Waals surface area contributed by atoms with Crippen LogP contribution in [-0.4, -0.2) is 44.8 Å². The molecule has 9 nitrogen and oxygen atoms in total. The van der Waals surface area contributed by atoms with Gasteiger partial charge in [-0.1, -0.05) is 0 Å². The Morgan fingerprint density at radius 3 is 2.36 bits per heavy atom. The summed E-state index contributed by atoms with van der Waals surface area (Å²) in [6.45, 7) is -0.0176. The number of nitrogens with zero attached hydrogens (tertiary/aromatic N) is 1. The average Bonchev–Trinajstić information content (AvgIpc) is 2.51. The summed E-state index contributed by atoms with van der Waals surface area (Å²) in [7, 11) is 3.81. The number of methoxy groups -OCH3 is 3. The van der Waals surface area contributed by atoms with Gasteiger partial charge in [0.15, 0.2) is 5.75 Å². The number of nitrogens with one attached hydrogen (secondary N) is 1. The number of hydrogen-bond acceptors (Lipinski definition) is 7. The van der Waals surface area contributed by atoms with Crippen LogP contribution in [-0.2, 0) is 4.74 Å². The van der Waals surface area contributed by atoms with Crippen molar-refractivity contribution in [2.75, 3.05) is 39.1 Å². The molecule has 122 valence electrons. The molecule has 0 fully saturated rings. The Balaban J connectivity index is 3.37. The fourth-order valence-electron chi connectivity index (χ4n) is 1.68. The van der Waals surface area contributed by atoms with Crippen LogP contribution in [0.4, 0.5) is 16.2 Å². The van der Waals surface area contributed by atoms with Crippen LogP contribution in [0.5, 0.6) is 17.2 Å². The predicted molar refractivity (Wildman–Crippen MR) is 78.4 cm³/mol. The van der Waals surface area contributed by atoms with Crippen molar-refractivity contribution < 1.29 is 28.7 Å². The van der Waals surface area contributed by atoms with E-state index in [1.54, 1.807) is 0 Å². The van der Waals surface area contributed by atoms with Gasteiger partial charge in [-0.25, -0.2) is 4.79 Å². The Bertz CT molecular complexity index is 565. The van der Waals surface area contributed by atoms with Gasteiger partial charge in [0.1, 0.15) is 12.3 Å². The highest BCUT2D eigenvalue weighted by atomic mass is 35.5. The first-order valence-corrected chi connectivity index (χ1v) is 6.50. The quantitative estimate of drug-likeness (QED) is 0.463. The fraction of sp³-hybridized carbons (Fsp3) is 0.417. The SMILES string of the molecule is COc1cc(OC)c([N+](=O)[O-])c(OC)c1NC(=O)OCCCl. The minimum absolute atomic E-state index is 0.0176. The zero-order valence-corrected chi connectivity index (χ0v) is 12.9. The van der Waals surface area contributed by atoms with Crippen molar-refractivity contribution in [1.82, 2.24) is 0 Å². The number of ether oxygens (including phenoxy) is 4. The van der Waals surface area contributed by atoms with E-state index in [1.807, 2.05) is 0 Å². The molecule has 0 aromatic heterocycles. The van der Waals surface area contributed by atoms with E-state index in [1.165, 1.54) is 27.4 Å². The van der Waals surface area contributed by atoms with Gasteiger partial charge in [-0.3, -0.25) is 15.4 Å². The lowest BCUT2D eigenvalue weighted by Crippen LogP contribution is -2.16. The van der Waals surface area contributed by atoms with E-state index in [9.17, 15) is 14.9 Å². The van der Waals surface area contributed by atoms with Crippen LogP contribution in [0.15, 0.2) is 6.07 Å². The Kier molecular flexibility index (Phi) is 6.51. The molecule has 1 aromatic rings. The van der Waals surface area contributed by atoms with E-state index in [4.69, 9.17) is 30.5 Å². The van der Waals surface area contributed by atoms with Gasteiger partial charge in [0.25, 0.3) is 0 Å². The number of carbonyl (C=O) groups is 1. The van der Waals surface area contributed by atoms with Gasteiger partial charge >= 0.3 is 11.8 Å². The number of rotatable bonds is 7. The number of nitro benzene ring substituents is 1. The van der Waals surface area contributed by atoms with Crippen LogP contribution in [0, 0.1) is 10.1 Å². The molecule has 0 aliphatic rings. The van der Waals surface area contributed by atoms with Crippen LogP contribution in [0.1, 0.15) is 0 Å². The highest BCUT2D eigenvalue weighted by Gasteiger charge is 2.30. The normalized spacial score (nSPS) is 9.82. The van der Waals surface area contributed by atoms with E-state index in [0.717, 1.165) is 0 Å². The number of halogens is 1. The second kappa shape index (κ2) is 8.13. The first-order valence-electron chi connectivity index (χ1n) is 5.97. The molecule has 0 saturated heterocycles. The Morgan fingerprint density at radius 1 is 1.27 bits per heavy atom. The van der Waals surface area contributed by atoms with Gasteiger partial charge in [0.2, 0.25) is 11.5 Å². The maximum atomic E-state index is 11.6. The van der Waals surface area contributed by atoms with Gasteiger partial charge < -0.3 is 18.9 Å². The molecule has 0 aliphatic heterocycles. The minimum Gasteiger partial charge on any atom is -0.494 e. The molecule has 1 N–H and O–H groups in total. The summed E-state index contributed by atoms with van der Waals surface area (Å²) in [6, 6.07) is 1.26. The average molecular weight is 335 g/mol. The molecule has 0 spiro atoms. The molecule has 0 heterocycles. The maximum Gasteiger partial charge on any atom is 0.411 e. The van der Waals surface area contributed by atoms with Crippen molar-refractivity contribution in [2.24, 2.45) is 0 Å². The molecular weight excluding hydrogens is 320 g/mol. The fourth-order valence-corrected chi connectivity index (χ4v) is 1.75. The number of alkyl halides is 1. The van der Waals surface area contributed by atoms with Crippen LogP contribution in [0.2, 0.25) is 0 Å². The molecule has 1 aromatic carbocycles. The van der Waals surface area contributed by atoms with Gasteiger partial charge in [-0.15, -0.1) is 11.6 Å². The first-order chi connectivity index (χ1) is 10.5. The molecule has 0 aliphatic carbocycles. The Morgan fingerprint density at radius 2 is 1.91 bits per heavy atom. The summed E-state index contributed by atoms with van der Waals surface area (Å²) >= 11 is 5.41. The minimum atomic E-state index is -0.850. The standard InChI is InChI=1S/C12H15ClN2O7/c1-19-7-6-8(20-2)10(15(17)18)11(21-3)9(7)14-12(16)22-5-4-13/h6H,4-5H2,1-3H3,(H,14,16). The van der Waals surface area contributed by atoms with Crippen LogP contribution < -0.4 is 19.5 Å². The second-order valence-corrected chi connectivity index (χ2v) is 4.12. The molecule has 0 atom stereocenters. The third-order valence-electron chi connectivity index (χ3n) is 2.55. The highest BCUT2D eigenvalue weighted by Crippen LogP contribution is 2.48. The first kappa shape index (κ1) is 17.6. The van der Waals surface area contributed by atoms with Crippen molar-refractivity contribution in [2.45, 2.75) is 0 Å². The van der Waals surface area contributed by atoms with Gasteiger partial charge in [-0.2, -0.15) is 0 Å². The maximum absolute atomic E-state index is 11.6. The number of amides is 1. The Labute approximate surface area is 131 Å². The van der Waals surface area contributed by atoms with Crippen LogP contribution >= 0.6 is 11.6 Å². The topological polar surface area (TPSA) is 109 Å². The largest absolute Gasteiger partial charge is 0.494 e. The number of hydrogen-bond donors (Lipinski definition) is 1. The van der Waals surface area contributed by atoms with Crippen molar-refractivity contribution in [3.63, 3.8) is 0 Å². The van der Waals surface area contributed by atoms with Crippen molar-refractivity contribution >= 4 is 29.1 Å². The number of benzene rings is 1. The van der Waals surface area contributed by atoms with E-state index >= 15 is 0 Å². The van der Waals surface area contributed by atoms with Gasteiger partial charge in [0.05, 0.1) is 32.1 Å². The molecule has 22 heavy (non-hydrogen) atoms. The molecule has 1 amide bonds. The van der Waals surface area contributed by atoms with E-state index in [0.29, 0.717) is 0 Å². The number of anilines is 1. The highest BCUT2D eigenvalue weighted by molar-refractivity contribution is 6.18. The number of nitro groups is 1. The molecule has 0 bridgehead atoms. The zero-order chi connectivity index (χ0) is 16.7. The molecular formula is C12H15ClN2O7. The summed E-state index contributed by atoms with van der Waals surface area (Å²) in [5, 5.41) is 13.5. The summed E-state index contributed by atoms with van der Waals surface area (Å²) in [4.78, 5) is 22.2. The summed E-state index contributed by atoms with van der Waals surface area (Å²) in [6.07, 6.45) is -0.850. The second-order valence-electron chi connectivity index (χ2n) is 3.74. The van der Waals surface area contributed by atoms with E-state index in [-0.39, 0.29) is 35.4 Å². The monoisotopic (exact) mass is 334 g/mol. The van der Waals surface area contributed by atoms with Crippen molar-refractivity contribution in [3.05, 3.63) is 16.2 Å². The predicted octanol–water partition coefficient (Wildman–Crippen LogP) is 2.41. The zero-order valence-electron chi connectivity index (χ0n) is 12.2. The molecule has 0 saturated carbocycles. The van der Waals surface area contributed by atoms with Gasteiger partial charge in [0, 0.05) is 6.07 Å².